The van der Waals surface area contributed by atoms with Crippen LogP contribution in [0, 0.1) is 35.3 Å². The highest BCUT2D eigenvalue weighted by Gasteiger charge is 2.19. The number of furan rings is 1. The van der Waals surface area contributed by atoms with E-state index in [1.807, 2.05) is 19.9 Å². The molecule has 0 aliphatic carbocycles. The standard InChI is InChI=1S/C16H13N3O3S/c1-9-5-13(14(19(20)21)6-10(9)2)15-4-3-12(22-15)7-11(8-17)16(18)23/h3-7H,1-2H3,(H2,18,23). The Bertz CT molecular complexity index is 875. The highest BCUT2D eigenvalue weighted by atomic mass is 32.1. The van der Waals surface area contributed by atoms with Crippen molar-refractivity contribution in [2.75, 3.05) is 0 Å². The summed E-state index contributed by atoms with van der Waals surface area (Å²) in [5.41, 5.74) is 7.62. The Kier molecular flexibility index (Phi) is 4.57. The Hall–Kier alpha value is -2.98. The van der Waals surface area contributed by atoms with Gasteiger partial charge < -0.3 is 10.2 Å². The fourth-order valence-electron chi connectivity index (χ4n) is 2.03. The lowest BCUT2D eigenvalue weighted by Crippen LogP contribution is -2.09. The number of nitrogens with two attached hydrogens (primary N) is 1. The molecule has 0 saturated heterocycles. The van der Waals surface area contributed by atoms with Crippen LogP contribution in [0.4, 0.5) is 5.69 Å². The largest absolute Gasteiger partial charge is 0.456 e. The zero-order chi connectivity index (χ0) is 17.1. The van der Waals surface area contributed by atoms with E-state index in [0.717, 1.165) is 11.1 Å². The molecule has 0 fully saturated rings. The van der Waals surface area contributed by atoms with Crippen LogP contribution in [-0.4, -0.2) is 9.91 Å². The normalized spacial score (nSPS) is 11.1. The highest BCUT2D eigenvalue weighted by molar-refractivity contribution is 7.80. The Morgan fingerprint density at radius 2 is 2.04 bits per heavy atom. The van der Waals surface area contributed by atoms with Crippen molar-refractivity contribution >= 4 is 29.0 Å². The van der Waals surface area contributed by atoms with E-state index in [1.54, 1.807) is 18.2 Å². The number of nitro groups is 1. The molecule has 23 heavy (non-hydrogen) atoms. The molecule has 2 N–H and O–H groups in total. The third kappa shape index (κ3) is 3.44. The van der Waals surface area contributed by atoms with Crippen molar-refractivity contribution in [2.45, 2.75) is 13.8 Å². The number of nitriles is 1. The first-order chi connectivity index (χ1) is 10.8. The van der Waals surface area contributed by atoms with E-state index in [1.165, 1.54) is 12.1 Å². The molecule has 0 unspecified atom stereocenters. The monoisotopic (exact) mass is 327 g/mol. The van der Waals surface area contributed by atoms with Gasteiger partial charge >= 0.3 is 0 Å². The van der Waals surface area contributed by atoms with Crippen molar-refractivity contribution in [3.05, 3.63) is 56.8 Å². The molecule has 0 atom stereocenters. The molecule has 116 valence electrons. The van der Waals surface area contributed by atoms with E-state index in [0.29, 0.717) is 17.1 Å². The fourth-order valence-corrected chi connectivity index (χ4v) is 2.13. The van der Waals surface area contributed by atoms with Crippen LogP contribution in [0.1, 0.15) is 16.9 Å². The van der Waals surface area contributed by atoms with Gasteiger partial charge in [0.05, 0.1) is 16.1 Å². The number of aryl methyl sites for hydroxylation is 2. The number of hydrogen-bond acceptors (Lipinski definition) is 5. The van der Waals surface area contributed by atoms with Crippen LogP contribution in [0.5, 0.6) is 0 Å². The highest BCUT2D eigenvalue weighted by Crippen LogP contribution is 2.34. The molecule has 2 rings (SSSR count). The molecule has 2 aromatic rings. The second-order valence-electron chi connectivity index (χ2n) is 4.95. The van der Waals surface area contributed by atoms with E-state index < -0.39 is 4.92 Å². The van der Waals surface area contributed by atoms with E-state index in [-0.39, 0.29) is 16.2 Å². The number of thiocarbonyl (C=S) groups is 1. The second-order valence-corrected chi connectivity index (χ2v) is 5.39. The SMILES string of the molecule is Cc1cc(-c2ccc(C=C(C#N)C(N)=S)o2)c([N+](=O)[O-])cc1C. The van der Waals surface area contributed by atoms with E-state index in [2.05, 4.69) is 0 Å². The lowest BCUT2D eigenvalue weighted by atomic mass is 10.0. The van der Waals surface area contributed by atoms with Gasteiger partial charge in [0.25, 0.3) is 5.69 Å². The van der Waals surface area contributed by atoms with Crippen LogP contribution in [0.3, 0.4) is 0 Å². The first-order valence-corrected chi connectivity index (χ1v) is 7.01. The molecular weight excluding hydrogens is 314 g/mol. The topological polar surface area (TPSA) is 106 Å². The minimum absolute atomic E-state index is 0.0344. The summed E-state index contributed by atoms with van der Waals surface area (Å²) in [7, 11) is 0. The zero-order valence-electron chi connectivity index (χ0n) is 12.5. The van der Waals surface area contributed by atoms with E-state index in [9.17, 15) is 10.1 Å². The van der Waals surface area contributed by atoms with Crippen LogP contribution in [0.2, 0.25) is 0 Å². The summed E-state index contributed by atoms with van der Waals surface area (Å²) in [5, 5.41) is 20.2. The maximum Gasteiger partial charge on any atom is 0.280 e. The van der Waals surface area contributed by atoms with E-state index in [4.69, 9.17) is 27.6 Å². The predicted molar refractivity (Wildman–Crippen MR) is 90.6 cm³/mol. The van der Waals surface area contributed by atoms with Crippen LogP contribution in [0.25, 0.3) is 17.4 Å². The number of hydrogen-bond donors (Lipinski definition) is 1. The molecule has 0 saturated carbocycles. The van der Waals surface area contributed by atoms with Gasteiger partial charge in [0, 0.05) is 12.1 Å². The summed E-state index contributed by atoms with van der Waals surface area (Å²) in [6, 6.07) is 8.30. The molecule has 0 radical (unpaired) electrons. The molecule has 0 bridgehead atoms. The van der Waals surface area contributed by atoms with Gasteiger partial charge in [0.2, 0.25) is 0 Å². The maximum atomic E-state index is 11.3. The average molecular weight is 327 g/mol. The Balaban J connectivity index is 2.54. The maximum absolute atomic E-state index is 11.3. The lowest BCUT2D eigenvalue weighted by molar-refractivity contribution is -0.384. The molecule has 1 aromatic carbocycles. The second kappa shape index (κ2) is 6.42. The van der Waals surface area contributed by atoms with Gasteiger partial charge in [-0.2, -0.15) is 5.26 Å². The number of rotatable bonds is 4. The van der Waals surface area contributed by atoms with Crippen LogP contribution >= 0.6 is 12.2 Å². The third-order valence-corrected chi connectivity index (χ3v) is 3.59. The minimum atomic E-state index is -0.449. The summed E-state index contributed by atoms with van der Waals surface area (Å²) >= 11 is 4.76. The molecule has 6 nitrogen and oxygen atoms in total. The Morgan fingerprint density at radius 3 is 2.61 bits per heavy atom. The van der Waals surface area contributed by atoms with Crippen molar-refractivity contribution < 1.29 is 9.34 Å². The summed E-state index contributed by atoms with van der Waals surface area (Å²) < 4.78 is 5.59. The number of nitro benzene ring substituents is 1. The summed E-state index contributed by atoms with van der Waals surface area (Å²) in [6.07, 6.45) is 1.40. The van der Waals surface area contributed by atoms with Crippen molar-refractivity contribution in [3.63, 3.8) is 0 Å². The summed E-state index contributed by atoms with van der Waals surface area (Å²) in [4.78, 5) is 10.8. The van der Waals surface area contributed by atoms with Gasteiger partial charge in [-0.3, -0.25) is 10.1 Å². The van der Waals surface area contributed by atoms with Crippen molar-refractivity contribution in [1.29, 1.82) is 5.26 Å². The van der Waals surface area contributed by atoms with Crippen molar-refractivity contribution in [1.82, 2.24) is 0 Å². The molecule has 0 spiro atoms. The van der Waals surface area contributed by atoms with Crippen molar-refractivity contribution in [3.8, 4) is 17.4 Å². The minimum Gasteiger partial charge on any atom is -0.456 e. The van der Waals surface area contributed by atoms with E-state index >= 15 is 0 Å². The summed E-state index contributed by atoms with van der Waals surface area (Å²) in [6.45, 7) is 3.68. The quantitative estimate of drug-likeness (QED) is 0.302. The zero-order valence-corrected chi connectivity index (χ0v) is 13.3. The first-order valence-electron chi connectivity index (χ1n) is 6.61. The van der Waals surface area contributed by atoms with Crippen molar-refractivity contribution in [2.24, 2.45) is 5.73 Å². The third-order valence-electron chi connectivity index (χ3n) is 3.37. The molecule has 1 heterocycles. The molecule has 0 amide bonds. The molecule has 1 aromatic heterocycles. The lowest BCUT2D eigenvalue weighted by Gasteiger charge is -2.04. The van der Waals surface area contributed by atoms with Gasteiger partial charge in [-0.05, 0) is 43.2 Å². The molecule has 7 heteroatoms. The van der Waals surface area contributed by atoms with Crippen LogP contribution in [-0.2, 0) is 0 Å². The molecule has 0 aliphatic heterocycles. The first kappa shape index (κ1) is 16.4. The van der Waals surface area contributed by atoms with Gasteiger partial charge in [-0.15, -0.1) is 0 Å². The Morgan fingerprint density at radius 1 is 1.39 bits per heavy atom. The number of nitrogens with zero attached hydrogens (tertiary/aromatic N) is 2. The molecule has 0 aliphatic rings. The van der Waals surface area contributed by atoms with Crippen LogP contribution < -0.4 is 5.73 Å². The van der Waals surface area contributed by atoms with Gasteiger partial charge in [0.1, 0.15) is 22.6 Å². The Labute approximate surface area is 138 Å². The van der Waals surface area contributed by atoms with Gasteiger partial charge in [-0.1, -0.05) is 12.2 Å². The average Bonchev–Trinajstić information content (AvgIpc) is 2.95. The van der Waals surface area contributed by atoms with Gasteiger partial charge in [-0.25, -0.2) is 0 Å². The van der Waals surface area contributed by atoms with Crippen LogP contribution in [0.15, 0.2) is 34.3 Å². The van der Waals surface area contributed by atoms with Gasteiger partial charge in [0.15, 0.2) is 0 Å². The molecular formula is C16H13N3O3S. The predicted octanol–water partition coefficient (Wildman–Crippen LogP) is 3.66. The fraction of sp³-hybridized carbons (Fsp3) is 0.125. The summed E-state index contributed by atoms with van der Waals surface area (Å²) in [5.74, 6) is 0.683. The smallest absolute Gasteiger partial charge is 0.280 e. The number of benzene rings is 1.